The maximum atomic E-state index is 5.42. The molecule has 2 aliphatic carbocycles. The van der Waals surface area contributed by atoms with Crippen LogP contribution in [-0.2, 0) is 6.54 Å². The molecule has 2 saturated carbocycles. The van der Waals surface area contributed by atoms with E-state index in [0.29, 0.717) is 0 Å². The fraction of sp³-hybridized carbons (Fsp3) is 0.615. The van der Waals surface area contributed by atoms with E-state index in [-0.39, 0.29) is 0 Å². The summed E-state index contributed by atoms with van der Waals surface area (Å²) in [4.78, 5) is 7.03. The fourth-order valence-corrected chi connectivity index (χ4v) is 2.28. The van der Waals surface area contributed by atoms with Crippen LogP contribution < -0.4 is 11.3 Å². The summed E-state index contributed by atoms with van der Waals surface area (Å²) in [6.45, 7) is 2.23. The van der Waals surface area contributed by atoms with E-state index < -0.39 is 0 Å². The van der Waals surface area contributed by atoms with Crippen LogP contribution in [0.1, 0.15) is 31.4 Å². The average molecular weight is 232 g/mol. The lowest BCUT2D eigenvalue weighted by atomic mass is 10.2. The Bertz CT molecular complexity index is 385. The van der Waals surface area contributed by atoms with Gasteiger partial charge in [0.2, 0.25) is 0 Å². The molecular formula is C13H20N4. The fourth-order valence-electron chi connectivity index (χ4n) is 2.28. The number of hydrogen-bond donors (Lipinski definition) is 2. The number of hydrogen-bond acceptors (Lipinski definition) is 4. The van der Waals surface area contributed by atoms with Crippen LogP contribution in [-0.4, -0.2) is 22.5 Å². The Hall–Kier alpha value is -1.13. The van der Waals surface area contributed by atoms with Gasteiger partial charge in [-0.15, -0.1) is 0 Å². The topological polar surface area (TPSA) is 54.2 Å². The van der Waals surface area contributed by atoms with Gasteiger partial charge >= 0.3 is 0 Å². The molecule has 4 heteroatoms. The first-order valence-corrected chi connectivity index (χ1v) is 6.51. The number of pyridine rings is 1. The van der Waals surface area contributed by atoms with Crippen molar-refractivity contribution in [2.24, 2.45) is 11.8 Å². The summed E-state index contributed by atoms with van der Waals surface area (Å²) >= 11 is 0. The van der Waals surface area contributed by atoms with E-state index in [1.54, 1.807) is 0 Å². The molecule has 1 aromatic heterocycles. The lowest BCUT2D eigenvalue weighted by Gasteiger charge is -2.21. The van der Waals surface area contributed by atoms with Crippen LogP contribution in [0.15, 0.2) is 18.3 Å². The van der Waals surface area contributed by atoms with Gasteiger partial charge in [0.1, 0.15) is 0 Å². The second-order valence-electron chi connectivity index (χ2n) is 5.28. The second-order valence-corrected chi connectivity index (χ2v) is 5.28. The molecule has 3 N–H and O–H groups in total. The summed E-state index contributed by atoms with van der Waals surface area (Å²) < 4.78 is 0. The molecule has 0 spiro atoms. The van der Waals surface area contributed by atoms with E-state index in [4.69, 9.17) is 5.84 Å². The minimum absolute atomic E-state index is 0.812. The first kappa shape index (κ1) is 11.0. The lowest BCUT2D eigenvalue weighted by molar-refractivity contribution is 0.241. The minimum Gasteiger partial charge on any atom is -0.324 e. The Balaban J connectivity index is 1.65. The van der Waals surface area contributed by atoms with E-state index in [1.165, 1.54) is 32.2 Å². The number of aromatic nitrogens is 1. The summed E-state index contributed by atoms with van der Waals surface area (Å²) in [6, 6.07) is 4.75. The summed E-state index contributed by atoms with van der Waals surface area (Å²) in [6.07, 6.45) is 7.39. The molecule has 0 bridgehead atoms. The quantitative estimate of drug-likeness (QED) is 0.579. The largest absolute Gasteiger partial charge is 0.324 e. The Labute approximate surface area is 102 Å². The zero-order valence-electron chi connectivity index (χ0n) is 10.1. The van der Waals surface area contributed by atoms with Gasteiger partial charge in [0.05, 0.1) is 11.4 Å². The monoisotopic (exact) mass is 232 g/mol. The summed E-state index contributed by atoms with van der Waals surface area (Å²) in [7, 11) is 0. The zero-order valence-corrected chi connectivity index (χ0v) is 10.1. The molecule has 0 saturated heterocycles. The van der Waals surface area contributed by atoms with Gasteiger partial charge in [0, 0.05) is 25.3 Å². The minimum atomic E-state index is 0.812. The third kappa shape index (κ3) is 2.96. The summed E-state index contributed by atoms with van der Waals surface area (Å²) in [5, 5.41) is 0. The van der Waals surface area contributed by atoms with Crippen molar-refractivity contribution in [2.75, 3.05) is 12.0 Å². The number of nitrogens with zero attached hydrogens (tertiary/aromatic N) is 2. The number of hydrazine groups is 1. The van der Waals surface area contributed by atoms with Gasteiger partial charge in [-0.1, -0.05) is 0 Å². The smallest absolute Gasteiger partial charge is 0.0565 e. The Kier molecular flexibility index (Phi) is 2.99. The molecule has 1 heterocycles. The van der Waals surface area contributed by atoms with Gasteiger partial charge in [-0.2, -0.15) is 0 Å². The highest BCUT2D eigenvalue weighted by Crippen LogP contribution is 2.35. The molecule has 2 fully saturated rings. The van der Waals surface area contributed by atoms with Crippen molar-refractivity contribution >= 4 is 5.69 Å². The third-order valence-corrected chi connectivity index (χ3v) is 3.60. The summed E-state index contributed by atoms with van der Waals surface area (Å²) in [5.41, 5.74) is 4.74. The molecule has 2 aliphatic rings. The van der Waals surface area contributed by atoms with Crippen molar-refractivity contribution in [1.29, 1.82) is 0 Å². The molecule has 0 amide bonds. The maximum Gasteiger partial charge on any atom is 0.0565 e. The second kappa shape index (κ2) is 4.63. The number of anilines is 1. The van der Waals surface area contributed by atoms with E-state index >= 15 is 0 Å². The molecule has 0 atom stereocenters. The number of nitrogens with two attached hydrogens (primary N) is 1. The first-order valence-electron chi connectivity index (χ1n) is 6.51. The van der Waals surface area contributed by atoms with Crippen LogP contribution >= 0.6 is 0 Å². The van der Waals surface area contributed by atoms with Crippen molar-refractivity contribution in [1.82, 2.24) is 9.88 Å². The molecule has 3 rings (SSSR count). The molecule has 4 nitrogen and oxygen atoms in total. The van der Waals surface area contributed by atoms with Crippen molar-refractivity contribution in [2.45, 2.75) is 38.3 Å². The van der Waals surface area contributed by atoms with Crippen LogP contribution in [0.5, 0.6) is 0 Å². The Morgan fingerprint density at radius 3 is 2.82 bits per heavy atom. The molecule has 92 valence electrons. The van der Waals surface area contributed by atoms with Gasteiger partial charge < -0.3 is 5.43 Å². The Morgan fingerprint density at radius 2 is 2.18 bits per heavy atom. The number of nitrogens with one attached hydrogen (secondary N) is 1. The van der Waals surface area contributed by atoms with Crippen LogP contribution in [0.2, 0.25) is 0 Å². The first-order chi connectivity index (χ1) is 8.35. The highest BCUT2D eigenvalue weighted by Gasteiger charge is 2.33. The van der Waals surface area contributed by atoms with Crippen LogP contribution in [0.3, 0.4) is 0 Å². The molecule has 0 radical (unpaired) electrons. The van der Waals surface area contributed by atoms with Crippen molar-refractivity contribution in [3.05, 3.63) is 24.0 Å². The molecule has 0 aromatic carbocycles. The standard InChI is InChI=1S/C13H20N4/c14-16-11-5-6-15-12(7-11)9-17(13-3-4-13)8-10-1-2-10/h5-7,10,13H,1-4,8-9,14H2,(H,15,16). The normalized spacial score (nSPS) is 19.6. The lowest BCUT2D eigenvalue weighted by Crippen LogP contribution is -2.28. The average Bonchev–Trinajstić information content (AvgIpc) is 3.21. The van der Waals surface area contributed by atoms with E-state index in [2.05, 4.69) is 15.3 Å². The van der Waals surface area contributed by atoms with Crippen LogP contribution in [0, 0.1) is 5.92 Å². The van der Waals surface area contributed by atoms with Crippen molar-refractivity contribution in [3.8, 4) is 0 Å². The van der Waals surface area contributed by atoms with E-state index in [1.807, 2.05) is 18.3 Å². The third-order valence-electron chi connectivity index (χ3n) is 3.60. The SMILES string of the molecule is NNc1ccnc(CN(CC2CC2)C2CC2)c1. The number of nitrogen functional groups attached to an aromatic ring is 1. The van der Waals surface area contributed by atoms with Gasteiger partial charge in [0.15, 0.2) is 0 Å². The van der Waals surface area contributed by atoms with Crippen molar-refractivity contribution < 1.29 is 0 Å². The van der Waals surface area contributed by atoms with E-state index in [0.717, 1.165) is 29.9 Å². The predicted molar refractivity (Wildman–Crippen MR) is 68.2 cm³/mol. The van der Waals surface area contributed by atoms with Crippen LogP contribution in [0.25, 0.3) is 0 Å². The maximum absolute atomic E-state index is 5.42. The predicted octanol–water partition coefficient (Wildman–Crippen LogP) is 1.74. The van der Waals surface area contributed by atoms with Crippen molar-refractivity contribution in [3.63, 3.8) is 0 Å². The highest BCUT2D eigenvalue weighted by atomic mass is 15.2. The van der Waals surface area contributed by atoms with E-state index in [9.17, 15) is 0 Å². The molecule has 1 aromatic rings. The van der Waals surface area contributed by atoms with Gasteiger partial charge in [0.25, 0.3) is 0 Å². The molecule has 17 heavy (non-hydrogen) atoms. The molecule has 0 unspecified atom stereocenters. The molecule has 0 aliphatic heterocycles. The van der Waals surface area contributed by atoms with Crippen LogP contribution in [0.4, 0.5) is 5.69 Å². The Morgan fingerprint density at radius 1 is 1.35 bits per heavy atom. The zero-order chi connectivity index (χ0) is 11.7. The number of rotatable bonds is 6. The van der Waals surface area contributed by atoms with Gasteiger partial charge in [-0.25, -0.2) is 0 Å². The van der Waals surface area contributed by atoms with Gasteiger partial charge in [-0.05, 0) is 43.7 Å². The molecular weight excluding hydrogens is 212 g/mol. The van der Waals surface area contributed by atoms with Gasteiger partial charge in [-0.3, -0.25) is 15.7 Å². The highest BCUT2D eigenvalue weighted by molar-refractivity contribution is 5.41. The summed E-state index contributed by atoms with van der Waals surface area (Å²) in [5.74, 6) is 6.37.